The monoisotopic (exact) mass is 303 g/mol. The van der Waals surface area contributed by atoms with Gasteiger partial charge in [-0.2, -0.15) is 0 Å². The number of carbonyl (C=O) groups excluding carboxylic acids is 1. The molecule has 0 bridgehead atoms. The molecule has 0 heterocycles. The highest BCUT2D eigenvalue weighted by atomic mass is 35.5. The van der Waals surface area contributed by atoms with Crippen LogP contribution in [-0.4, -0.2) is 23.7 Å². The van der Waals surface area contributed by atoms with Gasteiger partial charge >= 0.3 is 0 Å². The molecule has 1 atom stereocenters. The Bertz CT molecular complexity index is 435. The van der Waals surface area contributed by atoms with Crippen LogP contribution in [0.2, 0.25) is 10.0 Å². The molecule has 1 aromatic carbocycles. The molecule has 106 valence electrons. The van der Waals surface area contributed by atoms with E-state index < -0.39 is 6.10 Å². The number of aliphatic hydroxyl groups is 1. The summed E-state index contributed by atoms with van der Waals surface area (Å²) in [4.78, 5) is 11.6. The van der Waals surface area contributed by atoms with Crippen LogP contribution in [0.25, 0.3) is 0 Å². The molecule has 19 heavy (non-hydrogen) atoms. The first-order chi connectivity index (χ1) is 8.91. The molecular weight excluding hydrogens is 285 g/mol. The van der Waals surface area contributed by atoms with Gasteiger partial charge in [0.25, 0.3) is 0 Å². The number of hydrogen-bond donors (Lipinski definition) is 2. The standard InChI is InChI=1S/C14H19Cl2NO2/c1-9(2)12(18)8-17-13(19)7-6-10-4-3-5-11(15)14(10)16/h3-5,9,12,18H,6-8H2,1-2H3,(H,17,19). The number of aryl methyl sites for hydroxylation is 1. The number of aliphatic hydroxyl groups excluding tert-OH is 1. The van der Waals surface area contributed by atoms with E-state index in [-0.39, 0.29) is 18.4 Å². The summed E-state index contributed by atoms with van der Waals surface area (Å²) < 4.78 is 0. The van der Waals surface area contributed by atoms with E-state index in [0.717, 1.165) is 5.56 Å². The van der Waals surface area contributed by atoms with Crippen LogP contribution in [0.1, 0.15) is 25.8 Å². The summed E-state index contributed by atoms with van der Waals surface area (Å²) in [6.07, 6.45) is 0.340. The lowest BCUT2D eigenvalue weighted by Crippen LogP contribution is -2.34. The van der Waals surface area contributed by atoms with Crippen molar-refractivity contribution in [3.05, 3.63) is 33.8 Å². The Hall–Kier alpha value is -0.770. The fourth-order valence-corrected chi connectivity index (χ4v) is 1.95. The summed E-state index contributed by atoms with van der Waals surface area (Å²) in [5, 5.41) is 13.3. The molecule has 0 radical (unpaired) electrons. The van der Waals surface area contributed by atoms with Gasteiger partial charge in [-0.15, -0.1) is 0 Å². The van der Waals surface area contributed by atoms with E-state index in [1.807, 2.05) is 26.0 Å². The average molecular weight is 304 g/mol. The third-order valence-electron chi connectivity index (χ3n) is 2.93. The van der Waals surface area contributed by atoms with Crippen molar-refractivity contribution in [3.8, 4) is 0 Å². The van der Waals surface area contributed by atoms with E-state index in [9.17, 15) is 9.90 Å². The maximum Gasteiger partial charge on any atom is 0.220 e. The molecule has 3 nitrogen and oxygen atoms in total. The predicted molar refractivity (Wildman–Crippen MR) is 78.6 cm³/mol. The highest BCUT2D eigenvalue weighted by Gasteiger charge is 2.11. The van der Waals surface area contributed by atoms with Gasteiger partial charge in [-0.3, -0.25) is 4.79 Å². The number of hydrogen-bond acceptors (Lipinski definition) is 2. The molecular formula is C14H19Cl2NO2. The minimum Gasteiger partial charge on any atom is -0.391 e. The Morgan fingerprint density at radius 3 is 2.68 bits per heavy atom. The first kappa shape index (κ1) is 16.3. The summed E-state index contributed by atoms with van der Waals surface area (Å²) >= 11 is 11.9. The van der Waals surface area contributed by atoms with Crippen molar-refractivity contribution in [1.82, 2.24) is 5.32 Å². The Balaban J connectivity index is 2.40. The lowest BCUT2D eigenvalue weighted by atomic mass is 10.1. The van der Waals surface area contributed by atoms with Crippen LogP contribution in [0.15, 0.2) is 18.2 Å². The van der Waals surface area contributed by atoms with Crippen molar-refractivity contribution in [2.45, 2.75) is 32.8 Å². The minimum atomic E-state index is -0.515. The summed E-state index contributed by atoms with van der Waals surface area (Å²) in [5.74, 6) is 0.0263. The lowest BCUT2D eigenvalue weighted by molar-refractivity contribution is -0.121. The Labute approximate surface area is 123 Å². The van der Waals surface area contributed by atoms with Crippen LogP contribution >= 0.6 is 23.2 Å². The van der Waals surface area contributed by atoms with E-state index in [2.05, 4.69) is 5.32 Å². The van der Waals surface area contributed by atoms with Crippen LogP contribution in [-0.2, 0) is 11.2 Å². The van der Waals surface area contributed by atoms with Gasteiger partial charge in [0, 0.05) is 13.0 Å². The van der Waals surface area contributed by atoms with Crippen LogP contribution in [0.3, 0.4) is 0 Å². The zero-order valence-electron chi connectivity index (χ0n) is 11.1. The molecule has 0 saturated heterocycles. The average Bonchev–Trinajstić information content (AvgIpc) is 2.37. The van der Waals surface area contributed by atoms with Gasteiger partial charge in [0.2, 0.25) is 5.91 Å². The van der Waals surface area contributed by atoms with Crippen molar-refractivity contribution in [1.29, 1.82) is 0 Å². The van der Waals surface area contributed by atoms with Gasteiger partial charge in [0.15, 0.2) is 0 Å². The molecule has 1 unspecified atom stereocenters. The first-order valence-corrected chi connectivity index (χ1v) is 7.05. The Morgan fingerprint density at radius 2 is 2.05 bits per heavy atom. The molecule has 0 aromatic heterocycles. The van der Waals surface area contributed by atoms with Gasteiger partial charge < -0.3 is 10.4 Å². The van der Waals surface area contributed by atoms with Crippen LogP contribution < -0.4 is 5.32 Å². The van der Waals surface area contributed by atoms with E-state index in [0.29, 0.717) is 22.9 Å². The Kier molecular flexibility index (Phi) is 6.63. The zero-order chi connectivity index (χ0) is 14.4. The zero-order valence-corrected chi connectivity index (χ0v) is 12.6. The predicted octanol–water partition coefficient (Wildman–Crippen LogP) is 3.06. The normalized spacial score (nSPS) is 12.5. The molecule has 0 fully saturated rings. The maximum atomic E-state index is 11.6. The highest BCUT2D eigenvalue weighted by Crippen LogP contribution is 2.26. The molecule has 0 aliphatic heterocycles. The molecule has 1 amide bonds. The molecule has 0 aliphatic rings. The van der Waals surface area contributed by atoms with Gasteiger partial charge in [0.05, 0.1) is 16.1 Å². The second-order valence-electron chi connectivity index (χ2n) is 4.83. The second kappa shape index (κ2) is 7.73. The van der Waals surface area contributed by atoms with Gasteiger partial charge in [-0.05, 0) is 24.0 Å². The second-order valence-corrected chi connectivity index (χ2v) is 5.61. The SMILES string of the molecule is CC(C)C(O)CNC(=O)CCc1cccc(Cl)c1Cl. The quantitative estimate of drug-likeness (QED) is 0.848. The lowest BCUT2D eigenvalue weighted by Gasteiger charge is -2.15. The van der Waals surface area contributed by atoms with E-state index >= 15 is 0 Å². The molecule has 0 saturated carbocycles. The van der Waals surface area contributed by atoms with Gasteiger partial charge in [0.1, 0.15) is 0 Å². The number of halogens is 2. The largest absolute Gasteiger partial charge is 0.391 e. The number of amides is 1. The third-order valence-corrected chi connectivity index (χ3v) is 3.79. The van der Waals surface area contributed by atoms with Crippen molar-refractivity contribution in [2.24, 2.45) is 5.92 Å². The fraction of sp³-hybridized carbons (Fsp3) is 0.500. The summed E-state index contributed by atoms with van der Waals surface area (Å²) in [5.41, 5.74) is 0.855. The van der Waals surface area contributed by atoms with Crippen molar-refractivity contribution >= 4 is 29.1 Å². The van der Waals surface area contributed by atoms with E-state index in [1.165, 1.54) is 0 Å². The first-order valence-electron chi connectivity index (χ1n) is 6.29. The topological polar surface area (TPSA) is 49.3 Å². The van der Waals surface area contributed by atoms with E-state index in [1.54, 1.807) is 6.07 Å². The van der Waals surface area contributed by atoms with Crippen molar-refractivity contribution in [2.75, 3.05) is 6.54 Å². The van der Waals surface area contributed by atoms with Gasteiger partial charge in [-0.25, -0.2) is 0 Å². The third kappa shape index (κ3) is 5.39. The Morgan fingerprint density at radius 1 is 1.37 bits per heavy atom. The molecule has 5 heteroatoms. The molecule has 0 spiro atoms. The number of nitrogens with one attached hydrogen (secondary N) is 1. The number of rotatable bonds is 6. The number of benzene rings is 1. The van der Waals surface area contributed by atoms with Crippen LogP contribution in [0.5, 0.6) is 0 Å². The number of carbonyl (C=O) groups is 1. The molecule has 2 N–H and O–H groups in total. The maximum absolute atomic E-state index is 11.6. The smallest absolute Gasteiger partial charge is 0.220 e. The fourth-order valence-electron chi connectivity index (χ4n) is 1.53. The van der Waals surface area contributed by atoms with Gasteiger partial charge in [-0.1, -0.05) is 49.2 Å². The molecule has 1 aromatic rings. The van der Waals surface area contributed by atoms with Crippen molar-refractivity contribution < 1.29 is 9.90 Å². The van der Waals surface area contributed by atoms with Crippen molar-refractivity contribution in [3.63, 3.8) is 0 Å². The van der Waals surface area contributed by atoms with Crippen LogP contribution in [0, 0.1) is 5.92 Å². The summed E-state index contributed by atoms with van der Waals surface area (Å²) in [6, 6.07) is 5.38. The highest BCUT2D eigenvalue weighted by molar-refractivity contribution is 6.42. The minimum absolute atomic E-state index is 0.101. The summed E-state index contributed by atoms with van der Waals surface area (Å²) in [6.45, 7) is 4.09. The van der Waals surface area contributed by atoms with Crippen LogP contribution in [0.4, 0.5) is 0 Å². The molecule has 1 rings (SSSR count). The summed E-state index contributed by atoms with van der Waals surface area (Å²) in [7, 11) is 0. The van der Waals surface area contributed by atoms with E-state index in [4.69, 9.17) is 23.2 Å². The molecule has 0 aliphatic carbocycles.